The summed E-state index contributed by atoms with van der Waals surface area (Å²) in [5.74, 6) is 0.0401. The lowest BCUT2D eigenvalue weighted by atomic mass is 10.0. The third-order valence-corrected chi connectivity index (χ3v) is 4.43. The first-order valence-electron chi connectivity index (χ1n) is 6.44. The van der Waals surface area contributed by atoms with Gasteiger partial charge < -0.3 is 9.64 Å². The molecule has 1 amide bonds. The van der Waals surface area contributed by atoms with Crippen molar-refractivity contribution in [3.05, 3.63) is 33.8 Å². The van der Waals surface area contributed by atoms with Gasteiger partial charge in [0.25, 0.3) is 5.91 Å². The Bertz CT molecular complexity index is 608. The van der Waals surface area contributed by atoms with Gasteiger partial charge in [0.2, 0.25) is 0 Å². The number of hydrogen-bond acceptors (Lipinski definition) is 5. The molecule has 0 radical (unpaired) electrons. The van der Waals surface area contributed by atoms with E-state index in [4.69, 9.17) is 4.74 Å². The van der Waals surface area contributed by atoms with Crippen molar-refractivity contribution in [1.82, 2.24) is 19.9 Å². The SMILES string of the molecule is COCC1c2nnn(C)c2CCN1C(=O)c1cccs1. The van der Waals surface area contributed by atoms with Crippen molar-refractivity contribution in [3.8, 4) is 0 Å². The van der Waals surface area contributed by atoms with E-state index in [1.165, 1.54) is 11.3 Å². The zero-order valence-corrected chi connectivity index (χ0v) is 12.3. The van der Waals surface area contributed by atoms with E-state index in [0.717, 1.165) is 22.7 Å². The molecule has 0 aromatic carbocycles. The lowest BCUT2D eigenvalue weighted by Crippen LogP contribution is -2.42. The van der Waals surface area contributed by atoms with Gasteiger partial charge in [0.1, 0.15) is 11.7 Å². The molecule has 106 valence electrons. The number of amides is 1. The summed E-state index contributed by atoms with van der Waals surface area (Å²) in [5.41, 5.74) is 1.94. The van der Waals surface area contributed by atoms with Gasteiger partial charge in [-0.1, -0.05) is 11.3 Å². The van der Waals surface area contributed by atoms with Crippen LogP contribution in [0.5, 0.6) is 0 Å². The fraction of sp³-hybridized carbons (Fsp3) is 0.462. The molecule has 0 saturated heterocycles. The first-order valence-corrected chi connectivity index (χ1v) is 7.32. The summed E-state index contributed by atoms with van der Waals surface area (Å²) in [5, 5.41) is 10.2. The van der Waals surface area contributed by atoms with Gasteiger partial charge >= 0.3 is 0 Å². The number of methoxy groups -OCH3 is 1. The molecule has 0 aliphatic carbocycles. The molecule has 6 nitrogen and oxygen atoms in total. The number of hydrogen-bond donors (Lipinski definition) is 0. The predicted molar refractivity (Wildman–Crippen MR) is 74.7 cm³/mol. The first kappa shape index (κ1) is 13.3. The number of ether oxygens (including phenoxy) is 1. The summed E-state index contributed by atoms with van der Waals surface area (Å²) in [4.78, 5) is 15.2. The highest BCUT2D eigenvalue weighted by Gasteiger charge is 2.35. The molecular formula is C13H16N4O2S. The van der Waals surface area contributed by atoms with Crippen LogP contribution in [0, 0.1) is 0 Å². The molecule has 0 saturated carbocycles. The van der Waals surface area contributed by atoms with E-state index in [2.05, 4.69) is 10.3 Å². The maximum atomic E-state index is 12.6. The molecular weight excluding hydrogens is 276 g/mol. The van der Waals surface area contributed by atoms with Crippen LogP contribution >= 0.6 is 11.3 Å². The average molecular weight is 292 g/mol. The Morgan fingerprint density at radius 2 is 2.45 bits per heavy atom. The fourth-order valence-corrected chi connectivity index (χ4v) is 3.26. The molecule has 0 fully saturated rings. The first-order chi connectivity index (χ1) is 9.72. The van der Waals surface area contributed by atoms with Gasteiger partial charge in [0, 0.05) is 27.1 Å². The van der Waals surface area contributed by atoms with Gasteiger partial charge in [-0.25, -0.2) is 0 Å². The minimum atomic E-state index is -0.160. The van der Waals surface area contributed by atoms with Crippen LogP contribution in [0.1, 0.15) is 27.1 Å². The third-order valence-electron chi connectivity index (χ3n) is 3.57. The zero-order chi connectivity index (χ0) is 14.1. The van der Waals surface area contributed by atoms with Gasteiger partial charge in [-0.3, -0.25) is 9.48 Å². The quantitative estimate of drug-likeness (QED) is 0.854. The van der Waals surface area contributed by atoms with Crippen LogP contribution in [0.25, 0.3) is 0 Å². The predicted octanol–water partition coefficient (Wildman–Crippen LogP) is 1.26. The van der Waals surface area contributed by atoms with Gasteiger partial charge in [-0.2, -0.15) is 0 Å². The second-order valence-corrected chi connectivity index (χ2v) is 5.69. The van der Waals surface area contributed by atoms with Gasteiger partial charge in [-0.15, -0.1) is 16.4 Å². The Labute approximate surface area is 121 Å². The molecule has 0 bridgehead atoms. The van der Waals surface area contributed by atoms with E-state index in [9.17, 15) is 4.79 Å². The highest BCUT2D eigenvalue weighted by molar-refractivity contribution is 7.12. The molecule has 2 aromatic heterocycles. The number of thiophene rings is 1. The number of aryl methyl sites for hydroxylation is 1. The van der Waals surface area contributed by atoms with Crippen molar-refractivity contribution in [1.29, 1.82) is 0 Å². The fourth-order valence-electron chi connectivity index (χ4n) is 2.58. The van der Waals surface area contributed by atoms with E-state index in [-0.39, 0.29) is 11.9 Å². The lowest BCUT2D eigenvalue weighted by Gasteiger charge is -2.34. The Kier molecular flexibility index (Phi) is 3.54. The van der Waals surface area contributed by atoms with Crippen LogP contribution in [0.2, 0.25) is 0 Å². The van der Waals surface area contributed by atoms with Crippen LogP contribution < -0.4 is 0 Å². The minimum Gasteiger partial charge on any atom is -0.382 e. The Morgan fingerprint density at radius 1 is 1.60 bits per heavy atom. The van der Waals surface area contributed by atoms with Crippen molar-refractivity contribution in [2.45, 2.75) is 12.5 Å². The highest BCUT2D eigenvalue weighted by atomic mass is 32.1. The van der Waals surface area contributed by atoms with E-state index < -0.39 is 0 Å². The summed E-state index contributed by atoms with van der Waals surface area (Å²) in [6, 6.07) is 3.58. The van der Waals surface area contributed by atoms with Gasteiger partial charge in [0.05, 0.1) is 17.2 Å². The Morgan fingerprint density at radius 3 is 3.15 bits per heavy atom. The van der Waals surface area contributed by atoms with Crippen molar-refractivity contribution in [3.63, 3.8) is 0 Å². The van der Waals surface area contributed by atoms with Crippen LogP contribution in [0.15, 0.2) is 17.5 Å². The molecule has 0 N–H and O–H groups in total. The molecule has 2 aromatic rings. The van der Waals surface area contributed by atoms with Crippen LogP contribution in [-0.2, 0) is 18.2 Å². The summed E-state index contributed by atoms with van der Waals surface area (Å²) in [6.07, 6.45) is 0.774. The second kappa shape index (κ2) is 5.34. The maximum Gasteiger partial charge on any atom is 0.264 e. The number of nitrogens with zero attached hydrogens (tertiary/aromatic N) is 4. The van der Waals surface area contributed by atoms with Crippen molar-refractivity contribution in [2.24, 2.45) is 7.05 Å². The molecule has 1 aliphatic rings. The number of aromatic nitrogens is 3. The van der Waals surface area contributed by atoms with E-state index in [1.54, 1.807) is 11.8 Å². The summed E-state index contributed by atoms with van der Waals surface area (Å²) in [7, 11) is 3.52. The average Bonchev–Trinajstić information content (AvgIpc) is 3.09. The Balaban J connectivity index is 1.94. The summed E-state index contributed by atoms with van der Waals surface area (Å²) >= 11 is 1.46. The number of carbonyl (C=O) groups is 1. The number of carbonyl (C=O) groups excluding carboxylic acids is 1. The Hall–Kier alpha value is -1.73. The monoisotopic (exact) mass is 292 g/mol. The molecule has 1 atom stereocenters. The number of rotatable bonds is 3. The standard InChI is InChI=1S/C13H16N4O2S/c1-16-9-5-6-17(13(18)11-4-3-7-20-11)10(8-19-2)12(9)14-15-16/h3-4,7,10H,5-6,8H2,1-2H3. The molecule has 3 heterocycles. The van der Waals surface area contributed by atoms with E-state index in [1.807, 2.05) is 29.5 Å². The topological polar surface area (TPSA) is 60.3 Å². The smallest absolute Gasteiger partial charge is 0.264 e. The van der Waals surface area contributed by atoms with Gasteiger partial charge in [-0.05, 0) is 11.4 Å². The lowest BCUT2D eigenvalue weighted by molar-refractivity contribution is 0.0495. The minimum absolute atomic E-state index is 0.0401. The van der Waals surface area contributed by atoms with Crippen LogP contribution in [0.3, 0.4) is 0 Å². The second-order valence-electron chi connectivity index (χ2n) is 4.74. The molecule has 0 spiro atoms. The summed E-state index contributed by atoms with van der Waals surface area (Å²) < 4.78 is 7.06. The molecule has 20 heavy (non-hydrogen) atoms. The largest absolute Gasteiger partial charge is 0.382 e. The molecule has 1 unspecified atom stereocenters. The van der Waals surface area contributed by atoms with E-state index in [0.29, 0.717) is 13.2 Å². The van der Waals surface area contributed by atoms with E-state index >= 15 is 0 Å². The third kappa shape index (κ3) is 2.12. The maximum absolute atomic E-state index is 12.6. The highest BCUT2D eigenvalue weighted by Crippen LogP contribution is 2.30. The normalized spacial score (nSPS) is 18.1. The van der Waals surface area contributed by atoms with Gasteiger partial charge in [0.15, 0.2) is 0 Å². The molecule has 3 rings (SSSR count). The summed E-state index contributed by atoms with van der Waals surface area (Å²) in [6.45, 7) is 1.10. The van der Waals surface area contributed by atoms with Crippen LogP contribution in [-0.4, -0.2) is 46.1 Å². The van der Waals surface area contributed by atoms with Crippen molar-refractivity contribution in [2.75, 3.05) is 20.3 Å². The zero-order valence-electron chi connectivity index (χ0n) is 11.4. The molecule has 1 aliphatic heterocycles. The van der Waals surface area contributed by atoms with Crippen molar-refractivity contribution < 1.29 is 9.53 Å². The number of fused-ring (bicyclic) bond motifs is 1. The van der Waals surface area contributed by atoms with Crippen LogP contribution in [0.4, 0.5) is 0 Å². The molecule has 7 heteroatoms. The van der Waals surface area contributed by atoms with Crippen molar-refractivity contribution >= 4 is 17.2 Å².